The van der Waals surface area contributed by atoms with Crippen molar-refractivity contribution in [3.05, 3.63) is 30.1 Å². The second-order valence-electron chi connectivity index (χ2n) is 8.33. The van der Waals surface area contributed by atoms with Gasteiger partial charge in [-0.2, -0.15) is 0 Å². The summed E-state index contributed by atoms with van der Waals surface area (Å²) in [5, 5.41) is 3.32. The van der Waals surface area contributed by atoms with Gasteiger partial charge in [0.05, 0.1) is 0 Å². The minimum absolute atomic E-state index is 0.159. The van der Waals surface area contributed by atoms with Crippen LogP contribution in [0.3, 0.4) is 0 Å². The number of carbonyl (C=O) groups excluding carboxylic acids is 1. The van der Waals surface area contributed by atoms with E-state index in [-0.39, 0.29) is 11.7 Å². The third-order valence-corrected chi connectivity index (χ3v) is 6.23. The van der Waals surface area contributed by atoms with Crippen molar-refractivity contribution >= 4 is 17.6 Å². The molecule has 0 bridgehead atoms. The van der Waals surface area contributed by atoms with Gasteiger partial charge in [0, 0.05) is 78.7 Å². The first-order valence-electron chi connectivity index (χ1n) is 11.3. The zero-order valence-electron chi connectivity index (χ0n) is 18.9. The molecule has 2 saturated heterocycles. The van der Waals surface area contributed by atoms with E-state index in [2.05, 4.69) is 20.1 Å². The van der Waals surface area contributed by atoms with Crippen molar-refractivity contribution in [2.75, 3.05) is 71.5 Å². The number of amides is 1. The summed E-state index contributed by atoms with van der Waals surface area (Å²) in [6.45, 7) is 6.19. The maximum atomic E-state index is 13.1. The summed E-state index contributed by atoms with van der Waals surface area (Å²) in [5.74, 6) is 1.49. The van der Waals surface area contributed by atoms with Crippen LogP contribution in [0.2, 0.25) is 0 Å². The minimum atomic E-state index is -0.228. The summed E-state index contributed by atoms with van der Waals surface area (Å²) < 4.78 is 18.5. The topological polar surface area (TPSA) is 60.4 Å². The standard InChI is InChI=1S/C23H36FN5O2/c1-25-23(27(2)12-8-19-9-17-31-18-10-19)26-11-7-22(30)29-15-13-28(14-16-29)21-5-3-20(24)4-6-21/h3-6,19H,7-18H2,1-2H3,(H,25,26). The molecular formula is C23H36FN5O2. The van der Waals surface area contributed by atoms with Crippen LogP contribution in [0, 0.1) is 11.7 Å². The van der Waals surface area contributed by atoms with E-state index in [1.807, 2.05) is 11.9 Å². The highest BCUT2D eigenvalue weighted by Gasteiger charge is 2.21. The van der Waals surface area contributed by atoms with Crippen molar-refractivity contribution < 1.29 is 13.9 Å². The number of aliphatic imine (C=N–C) groups is 1. The Balaban J connectivity index is 1.34. The van der Waals surface area contributed by atoms with Crippen molar-refractivity contribution in [1.82, 2.24) is 15.1 Å². The van der Waals surface area contributed by atoms with E-state index in [0.717, 1.165) is 69.7 Å². The first-order chi connectivity index (χ1) is 15.1. The fraction of sp³-hybridized carbons (Fsp3) is 0.652. The molecule has 0 aromatic heterocycles. The number of nitrogens with one attached hydrogen (secondary N) is 1. The predicted molar refractivity (Wildman–Crippen MR) is 122 cm³/mol. The van der Waals surface area contributed by atoms with Gasteiger partial charge < -0.3 is 24.8 Å². The van der Waals surface area contributed by atoms with Gasteiger partial charge in [0.15, 0.2) is 5.96 Å². The number of rotatable bonds is 7. The van der Waals surface area contributed by atoms with Crippen molar-refractivity contribution in [2.24, 2.45) is 10.9 Å². The lowest BCUT2D eigenvalue weighted by Crippen LogP contribution is -2.49. The molecule has 0 spiro atoms. The number of hydrogen-bond acceptors (Lipinski definition) is 4. The van der Waals surface area contributed by atoms with Crippen LogP contribution in [0.5, 0.6) is 0 Å². The van der Waals surface area contributed by atoms with Gasteiger partial charge in [-0.15, -0.1) is 0 Å². The number of anilines is 1. The molecule has 0 atom stereocenters. The zero-order valence-corrected chi connectivity index (χ0v) is 18.9. The minimum Gasteiger partial charge on any atom is -0.381 e. The number of carbonyl (C=O) groups is 1. The van der Waals surface area contributed by atoms with Crippen LogP contribution in [0.25, 0.3) is 0 Å². The molecular weight excluding hydrogens is 397 g/mol. The third-order valence-electron chi connectivity index (χ3n) is 6.23. The van der Waals surface area contributed by atoms with Gasteiger partial charge in [0.25, 0.3) is 0 Å². The molecule has 0 aliphatic carbocycles. The Morgan fingerprint density at radius 2 is 1.87 bits per heavy atom. The Kier molecular flexibility index (Phi) is 8.94. The predicted octanol–water partition coefficient (Wildman–Crippen LogP) is 2.19. The van der Waals surface area contributed by atoms with Gasteiger partial charge in [-0.25, -0.2) is 4.39 Å². The molecule has 1 aromatic rings. The highest BCUT2D eigenvalue weighted by Crippen LogP contribution is 2.19. The maximum Gasteiger partial charge on any atom is 0.224 e. The first kappa shape index (κ1) is 23.3. The van der Waals surface area contributed by atoms with Crippen LogP contribution in [0.1, 0.15) is 25.7 Å². The molecule has 2 aliphatic heterocycles. The molecule has 7 nitrogen and oxygen atoms in total. The summed E-state index contributed by atoms with van der Waals surface area (Å²) in [7, 11) is 3.83. The quantitative estimate of drug-likeness (QED) is 0.528. The van der Waals surface area contributed by atoms with Crippen molar-refractivity contribution in [2.45, 2.75) is 25.7 Å². The van der Waals surface area contributed by atoms with Crippen LogP contribution in [-0.4, -0.2) is 88.2 Å². The molecule has 3 rings (SSSR count). The smallest absolute Gasteiger partial charge is 0.224 e. The number of nitrogens with zero attached hydrogens (tertiary/aromatic N) is 4. The van der Waals surface area contributed by atoms with E-state index < -0.39 is 0 Å². The summed E-state index contributed by atoms with van der Waals surface area (Å²) in [6.07, 6.45) is 3.87. The van der Waals surface area contributed by atoms with E-state index in [0.29, 0.717) is 26.1 Å². The van der Waals surface area contributed by atoms with Gasteiger partial charge in [-0.05, 0) is 49.4 Å². The van der Waals surface area contributed by atoms with Gasteiger partial charge in [-0.3, -0.25) is 9.79 Å². The number of benzene rings is 1. The molecule has 0 unspecified atom stereocenters. The zero-order chi connectivity index (χ0) is 22.1. The van der Waals surface area contributed by atoms with Crippen LogP contribution in [0.4, 0.5) is 10.1 Å². The molecule has 2 aliphatic rings. The lowest BCUT2D eigenvalue weighted by molar-refractivity contribution is -0.131. The van der Waals surface area contributed by atoms with E-state index in [1.54, 1.807) is 19.2 Å². The van der Waals surface area contributed by atoms with E-state index >= 15 is 0 Å². The summed E-state index contributed by atoms with van der Waals surface area (Å²) >= 11 is 0. The molecule has 0 saturated carbocycles. The Morgan fingerprint density at radius 1 is 1.19 bits per heavy atom. The van der Waals surface area contributed by atoms with Crippen molar-refractivity contribution in [1.29, 1.82) is 0 Å². The van der Waals surface area contributed by atoms with Gasteiger partial charge in [-0.1, -0.05) is 0 Å². The van der Waals surface area contributed by atoms with E-state index in [4.69, 9.17) is 4.74 Å². The van der Waals surface area contributed by atoms with Crippen molar-refractivity contribution in [3.63, 3.8) is 0 Å². The number of hydrogen-bond donors (Lipinski definition) is 1. The average molecular weight is 434 g/mol. The molecule has 172 valence electrons. The summed E-state index contributed by atoms with van der Waals surface area (Å²) in [6, 6.07) is 6.54. The second-order valence-corrected chi connectivity index (χ2v) is 8.33. The number of piperazine rings is 1. The second kappa shape index (κ2) is 11.9. The summed E-state index contributed by atoms with van der Waals surface area (Å²) in [5.41, 5.74) is 1.00. The molecule has 31 heavy (non-hydrogen) atoms. The number of ether oxygens (including phenoxy) is 1. The SMILES string of the molecule is CN=C(NCCC(=O)N1CCN(c2ccc(F)cc2)CC1)N(C)CCC1CCOCC1. The molecule has 8 heteroatoms. The number of halogens is 1. The fourth-order valence-corrected chi connectivity index (χ4v) is 4.21. The largest absolute Gasteiger partial charge is 0.381 e. The van der Waals surface area contributed by atoms with Gasteiger partial charge in [0.1, 0.15) is 5.82 Å². The first-order valence-corrected chi connectivity index (χ1v) is 11.3. The Morgan fingerprint density at radius 3 is 2.52 bits per heavy atom. The Bertz CT molecular complexity index is 713. The molecule has 1 aromatic carbocycles. The lowest BCUT2D eigenvalue weighted by atomic mass is 9.96. The molecule has 2 fully saturated rings. The molecule has 1 N–H and O–H groups in total. The fourth-order valence-electron chi connectivity index (χ4n) is 4.21. The normalized spacial score (nSPS) is 18.2. The third kappa shape index (κ3) is 7.09. The monoisotopic (exact) mass is 433 g/mol. The highest BCUT2D eigenvalue weighted by atomic mass is 19.1. The van der Waals surface area contributed by atoms with E-state index in [9.17, 15) is 9.18 Å². The molecule has 2 heterocycles. The van der Waals surface area contributed by atoms with Crippen LogP contribution in [-0.2, 0) is 9.53 Å². The van der Waals surface area contributed by atoms with E-state index in [1.165, 1.54) is 12.1 Å². The van der Waals surface area contributed by atoms with Gasteiger partial charge in [0.2, 0.25) is 5.91 Å². The van der Waals surface area contributed by atoms with Crippen LogP contribution < -0.4 is 10.2 Å². The Hall–Kier alpha value is -2.35. The summed E-state index contributed by atoms with van der Waals surface area (Å²) in [4.78, 5) is 23.2. The molecule has 1 amide bonds. The van der Waals surface area contributed by atoms with Crippen LogP contribution >= 0.6 is 0 Å². The molecule has 0 radical (unpaired) electrons. The van der Waals surface area contributed by atoms with Crippen molar-refractivity contribution in [3.8, 4) is 0 Å². The van der Waals surface area contributed by atoms with Crippen LogP contribution in [0.15, 0.2) is 29.3 Å². The van der Waals surface area contributed by atoms with Gasteiger partial charge >= 0.3 is 0 Å². The number of guanidine groups is 1. The maximum absolute atomic E-state index is 13.1. The lowest BCUT2D eigenvalue weighted by Gasteiger charge is -2.36. The highest BCUT2D eigenvalue weighted by molar-refractivity contribution is 5.81. The average Bonchev–Trinajstić information content (AvgIpc) is 2.81. The Labute approximate surface area is 185 Å².